The summed E-state index contributed by atoms with van der Waals surface area (Å²) in [6, 6.07) is 0.515. The van der Waals surface area contributed by atoms with Gasteiger partial charge in [0, 0.05) is 24.5 Å². The third-order valence-corrected chi connectivity index (χ3v) is 4.75. The Balaban J connectivity index is 2.18. The minimum Gasteiger partial charge on any atom is -0.299 e. The molecule has 17 heavy (non-hydrogen) atoms. The first-order chi connectivity index (χ1) is 7.92. The van der Waals surface area contributed by atoms with Crippen molar-refractivity contribution in [3.63, 3.8) is 0 Å². The maximum Gasteiger partial charge on any atom is 0.137 e. The van der Waals surface area contributed by atoms with Gasteiger partial charge in [-0.25, -0.2) is 4.39 Å². The van der Waals surface area contributed by atoms with Gasteiger partial charge in [0.1, 0.15) is 5.67 Å². The molecule has 96 valence electrons. The summed E-state index contributed by atoms with van der Waals surface area (Å²) in [5.41, 5.74) is -0.190. The molecule has 1 heterocycles. The maximum absolute atomic E-state index is 15.1. The van der Waals surface area contributed by atoms with E-state index in [-0.39, 0.29) is 5.41 Å². The van der Waals surface area contributed by atoms with Gasteiger partial charge in [-0.3, -0.25) is 4.90 Å². The molecule has 2 aliphatic rings. The van der Waals surface area contributed by atoms with Crippen LogP contribution in [-0.2, 0) is 0 Å². The summed E-state index contributed by atoms with van der Waals surface area (Å²) in [5.74, 6) is 0. The van der Waals surface area contributed by atoms with Crippen LogP contribution in [0.4, 0.5) is 4.39 Å². The van der Waals surface area contributed by atoms with Crippen molar-refractivity contribution < 1.29 is 4.39 Å². The zero-order chi connectivity index (χ0) is 12.7. The average molecular weight is 237 g/mol. The van der Waals surface area contributed by atoms with E-state index in [9.17, 15) is 0 Å². The van der Waals surface area contributed by atoms with Crippen LogP contribution in [0.3, 0.4) is 0 Å². The fraction of sp³-hybridized carbons (Fsp3) is 0.733. The Labute approximate surface area is 104 Å². The first kappa shape index (κ1) is 12.8. The molecule has 1 aliphatic heterocycles. The molecule has 1 saturated carbocycles. The number of likely N-dealkylation sites (tertiary alicyclic amines) is 1. The van der Waals surface area contributed by atoms with Gasteiger partial charge >= 0.3 is 0 Å². The van der Waals surface area contributed by atoms with Crippen molar-refractivity contribution in [2.75, 3.05) is 13.1 Å². The van der Waals surface area contributed by atoms with E-state index in [1.807, 2.05) is 0 Å². The Morgan fingerprint density at radius 2 is 1.88 bits per heavy atom. The number of nitrogens with zero attached hydrogens (tertiary/aromatic N) is 1. The maximum atomic E-state index is 15.1. The fourth-order valence-electron chi connectivity index (χ4n) is 3.21. The summed E-state index contributed by atoms with van der Waals surface area (Å²) in [4.78, 5) is 2.35. The first-order valence-corrected chi connectivity index (χ1v) is 6.66. The van der Waals surface area contributed by atoms with E-state index in [0.717, 1.165) is 32.4 Å². The lowest BCUT2D eigenvalue weighted by Gasteiger charge is -2.57. The molecule has 1 atom stereocenters. The van der Waals surface area contributed by atoms with E-state index in [2.05, 4.69) is 31.9 Å². The Morgan fingerprint density at radius 3 is 2.41 bits per heavy atom. The van der Waals surface area contributed by atoms with E-state index in [1.54, 1.807) is 6.08 Å². The second-order valence-electron chi connectivity index (χ2n) is 6.10. The van der Waals surface area contributed by atoms with Gasteiger partial charge < -0.3 is 0 Å². The average Bonchev–Trinajstić information content (AvgIpc) is 2.35. The van der Waals surface area contributed by atoms with Gasteiger partial charge in [-0.15, -0.1) is 0 Å². The Morgan fingerprint density at radius 1 is 1.29 bits per heavy atom. The minimum atomic E-state index is -1.20. The highest BCUT2D eigenvalue weighted by Gasteiger charge is 2.57. The van der Waals surface area contributed by atoms with Crippen molar-refractivity contribution in [2.45, 2.75) is 51.2 Å². The fourth-order valence-corrected chi connectivity index (χ4v) is 3.21. The molecule has 2 fully saturated rings. The Kier molecular flexibility index (Phi) is 3.19. The smallest absolute Gasteiger partial charge is 0.137 e. The minimum absolute atomic E-state index is 0.196. The molecule has 0 aromatic carbocycles. The van der Waals surface area contributed by atoms with Crippen molar-refractivity contribution in [1.82, 2.24) is 4.90 Å². The molecule has 0 bridgehead atoms. The summed E-state index contributed by atoms with van der Waals surface area (Å²) < 4.78 is 15.1. The molecule has 0 aromatic heterocycles. The molecule has 2 heteroatoms. The van der Waals surface area contributed by atoms with Crippen LogP contribution in [-0.4, -0.2) is 29.7 Å². The van der Waals surface area contributed by atoms with E-state index in [4.69, 9.17) is 0 Å². The molecule has 1 aliphatic carbocycles. The highest BCUT2D eigenvalue weighted by molar-refractivity contribution is 5.20. The third kappa shape index (κ3) is 1.97. The number of hydrogen-bond donors (Lipinski definition) is 0. The number of halogens is 1. The van der Waals surface area contributed by atoms with Gasteiger partial charge in [-0.1, -0.05) is 24.8 Å². The lowest BCUT2D eigenvalue weighted by molar-refractivity contribution is -0.113. The summed E-state index contributed by atoms with van der Waals surface area (Å²) in [5, 5.41) is 0. The number of alkyl halides is 1. The third-order valence-electron chi connectivity index (χ3n) is 4.75. The number of rotatable bonds is 2. The van der Waals surface area contributed by atoms with Crippen LogP contribution in [0.1, 0.15) is 39.5 Å². The van der Waals surface area contributed by atoms with E-state index in [1.165, 1.54) is 5.57 Å². The van der Waals surface area contributed by atoms with Gasteiger partial charge in [0.2, 0.25) is 0 Å². The topological polar surface area (TPSA) is 3.24 Å². The summed E-state index contributed by atoms with van der Waals surface area (Å²) in [7, 11) is 0. The quantitative estimate of drug-likeness (QED) is 0.662. The van der Waals surface area contributed by atoms with Crippen LogP contribution in [0, 0.1) is 5.41 Å². The molecule has 0 amide bonds. The molecule has 0 aromatic rings. The Bertz CT molecular complexity index is 328. The molecule has 0 radical (unpaired) electrons. The molecule has 0 N–H and O–H groups in total. The predicted octanol–water partition coefficient (Wildman–Crippen LogP) is 3.72. The van der Waals surface area contributed by atoms with E-state index < -0.39 is 5.67 Å². The molecular formula is C15H24FN. The van der Waals surface area contributed by atoms with Crippen LogP contribution >= 0.6 is 0 Å². The molecule has 1 unspecified atom stereocenters. The van der Waals surface area contributed by atoms with Crippen LogP contribution < -0.4 is 0 Å². The number of hydrogen-bond acceptors (Lipinski definition) is 1. The molecule has 1 spiro atoms. The normalized spacial score (nSPS) is 33.5. The molecule has 2 rings (SSSR count). The van der Waals surface area contributed by atoms with Gasteiger partial charge in [-0.05, 0) is 39.5 Å². The lowest BCUT2D eigenvalue weighted by Crippen LogP contribution is -2.66. The van der Waals surface area contributed by atoms with Crippen LogP contribution in [0.15, 0.2) is 24.8 Å². The summed E-state index contributed by atoms with van der Waals surface area (Å²) >= 11 is 0. The monoisotopic (exact) mass is 237 g/mol. The van der Waals surface area contributed by atoms with Gasteiger partial charge in [-0.2, -0.15) is 0 Å². The van der Waals surface area contributed by atoms with Crippen molar-refractivity contribution in [1.29, 1.82) is 0 Å². The largest absolute Gasteiger partial charge is 0.299 e. The van der Waals surface area contributed by atoms with E-state index in [0.29, 0.717) is 12.5 Å². The zero-order valence-electron chi connectivity index (χ0n) is 11.1. The molecule has 1 nitrogen and oxygen atoms in total. The lowest BCUT2D eigenvalue weighted by atomic mass is 9.64. The van der Waals surface area contributed by atoms with Crippen molar-refractivity contribution in [2.24, 2.45) is 5.41 Å². The highest BCUT2D eigenvalue weighted by Crippen LogP contribution is 2.53. The van der Waals surface area contributed by atoms with Crippen molar-refractivity contribution in [3.05, 3.63) is 24.8 Å². The second-order valence-corrected chi connectivity index (χ2v) is 6.10. The highest BCUT2D eigenvalue weighted by atomic mass is 19.1. The summed E-state index contributed by atoms with van der Waals surface area (Å²) in [6.07, 6.45) is 4.85. The van der Waals surface area contributed by atoms with Crippen LogP contribution in [0.2, 0.25) is 0 Å². The van der Waals surface area contributed by atoms with Crippen molar-refractivity contribution in [3.8, 4) is 0 Å². The van der Waals surface area contributed by atoms with Gasteiger partial charge in [0.05, 0.1) is 0 Å². The van der Waals surface area contributed by atoms with Gasteiger partial charge in [0.15, 0.2) is 0 Å². The zero-order valence-corrected chi connectivity index (χ0v) is 11.1. The Hall–Kier alpha value is -0.630. The van der Waals surface area contributed by atoms with E-state index >= 15 is 4.39 Å². The summed E-state index contributed by atoms with van der Waals surface area (Å²) in [6.45, 7) is 13.9. The number of allylic oxidation sites excluding steroid dienone is 2. The van der Waals surface area contributed by atoms with Crippen LogP contribution in [0.25, 0.3) is 0 Å². The van der Waals surface area contributed by atoms with Crippen molar-refractivity contribution >= 4 is 0 Å². The molecular weight excluding hydrogens is 213 g/mol. The predicted molar refractivity (Wildman–Crippen MR) is 70.8 cm³/mol. The standard InChI is InChI=1S/C15H24FN/c1-5-15(16)9-7-13(4)6-8-14(15)10-17(11-14)12(2)3/h5,12H,1,4,6-11H2,2-3H3. The van der Waals surface area contributed by atoms with Crippen LogP contribution in [0.5, 0.6) is 0 Å². The molecule has 1 saturated heterocycles. The SMILES string of the molecule is C=CC1(F)CCC(=C)CCC12CN(C(C)C)C2. The second kappa shape index (κ2) is 4.24. The van der Waals surface area contributed by atoms with Gasteiger partial charge in [0.25, 0.3) is 0 Å². The first-order valence-electron chi connectivity index (χ1n) is 6.66.